The molecule has 0 aliphatic rings. The van der Waals surface area contributed by atoms with Crippen molar-refractivity contribution in [3.8, 4) is 0 Å². The number of hydrogen-bond donors (Lipinski definition) is 0. The summed E-state index contributed by atoms with van der Waals surface area (Å²) in [7, 11) is 0. The van der Waals surface area contributed by atoms with E-state index in [0.717, 1.165) is 0 Å². The van der Waals surface area contributed by atoms with Crippen LogP contribution in [0, 0.1) is 0 Å². The van der Waals surface area contributed by atoms with Crippen LogP contribution in [0.3, 0.4) is 0 Å². The predicted octanol–water partition coefficient (Wildman–Crippen LogP) is 1.00. The summed E-state index contributed by atoms with van der Waals surface area (Å²) in [5.74, 6) is -1.29. The molecule has 0 amide bonds. The first-order chi connectivity index (χ1) is 7.63. The standard InChI is InChI=1S/C9H13N3O4/c1-3-16-9(14)7(2)8(13)6-15-5-4-11-12-10/h2-6H2,1H3. The lowest BCUT2D eigenvalue weighted by Gasteiger charge is -2.04. The van der Waals surface area contributed by atoms with Gasteiger partial charge in [-0.2, -0.15) is 0 Å². The van der Waals surface area contributed by atoms with Gasteiger partial charge in [0.1, 0.15) is 6.61 Å². The fourth-order valence-electron chi connectivity index (χ4n) is 0.734. The van der Waals surface area contributed by atoms with Gasteiger partial charge in [-0.3, -0.25) is 4.79 Å². The fourth-order valence-corrected chi connectivity index (χ4v) is 0.734. The molecular weight excluding hydrogens is 214 g/mol. The van der Waals surface area contributed by atoms with Crippen molar-refractivity contribution in [3.63, 3.8) is 0 Å². The number of hydrogen-bond acceptors (Lipinski definition) is 5. The number of ketones is 1. The molecule has 16 heavy (non-hydrogen) atoms. The molecule has 88 valence electrons. The Labute approximate surface area is 92.7 Å². The van der Waals surface area contributed by atoms with Crippen LogP contribution in [0.15, 0.2) is 17.3 Å². The summed E-state index contributed by atoms with van der Waals surface area (Å²) >= 11 is 0. The Morgan fingerprint density at radius 1 is 1.50 bits per heavy atom. The van der Waals surface area contributed by atoms with Crippen LogP contribution >= 0.6 is 0 Å². The molecule has 0 saturated carbocycles. The lowest BCUT2D eigenvalue weighted by molar-refractivity contribution is -0.140. The van der Waals surface area contributed by atoms with Crippen molar-refractivity contribution in [2.75, 3.05) is 26.4 Å². The molecule has 0 bridgehead atoms. The van der Waals surface area contributed by atoms with Gasteiger partial charge in [0.25, 0.3) is 0 Å². The van der Waals surface area contributed by atoms with E-state index < -0.39 is 11.8 Å². The molecule has 7 nitrogen and oxygen atoms in total. The highest BCUT2D eigenvalue weighted by Crippen LogP contribution is 1.97. The molecule has 0 saturated heterocycles. The average Bonchev–Trinajstić information content (AvgIpc) is 2.27. The molecule has 0 aromatic carbocycles. The lowest BCUT2D eigenvalue weighted by atomic mass is 10.2. The summed E-state index contributed by atoms with van der Waals surface area (Å²) in [4.78, 5) is 24.8. The number of rotatable bonds is 8. The van der Waals surface area contributed by atoms with Crippen molar-refractivity contribution in [1.29, 1.82) is 0 Å². The summed E-state index contributed by atoms with van der Waals surface area (Å²) in [6.07, 6.45) is 0. The van der Waals surface area contributed by atoms with Gasteiger partial charge in [0, 0.05) is 11.5 Å². The molecule has 0 spiro atoms. The zero-order valence-corrected chi connectivity index (χ0v) is 9.01. The van der Waals surface area contributed by atoms with Crippen molar-refractivity contribution in [1.82, 2.24) is 0 Å². The first kappa shape index (κ1) is 14.2. The monoisotopic (exact) mass is 227 g/mol. The minimum Gasteiger partial charge on any atom is -0.462 e. The van der Waals surface area contributed by atoms with Crippen molar-refractivity contribution >= 4 is 11.8 Å². The lowest BCUT2D eigenvalue weighted by Crippen LogP contribution is -2.19. The van der Waals surface area contributed by atoms with Gasteiger partial charge in [-0.05, 0) is 12.5 Å². The summed E-state index contributed by atoms with van der Waals surface area (Å²) in [6, 6.07) is 0. The van der Waals surface area contributed by atoms with Crippen LogP contribution in [0.25, 0.3) is 10.4 Å². The van der Waals surface area contributed by atoms with Gasteiger partial charge < -0.3 is 9.47 Å². The van der Waals surface area contributed by atoms with Crippen LogP contribution in [0.2, 0.25) is 0 Å². The van der Waals surface area contributed by atoms with E-state index in [0.29, 0.717) is 0 Å². The van der Waals surface area contributed by atoms with E-state index in [1.807, 2.05) is 0 Å². The highest BCUT2D eigenvalue weighted by molar-refractivity contribution is 6.17. The van der Waals surface area contributed by atoms with Crippen molar-refractivity contribution in [2.24, 2.45) is 5.11 Å². The third kappa shape index (κ3) is 5.79. The average molecular weight is 227 g/mol. The first-order valence-corrected chi connectivity index (χ1v) is 4.61. The second kappa shape index (κ2) is 8.46. The van der Waals surface area contributed by atoms with Crippen LogP contribution in [0.4, 0.5) is 0 Å². The summed E-state index contributed by atoms with van der Waals surface area (Å²) < 4.78 is 9.45. The van der Waals surface area contributed by atoms with Gasteiger partial charge >= 0.3 is 5.97 Å². The maximum Gasteiger partial charge on any atom is 0.341 e. The molecule has 0 aromatic rings. The van der Waals surface area contributed by atoms with Gasteiger partial charge in [-0.25, -0.2) is 4.79 Å². The fraction of sp³-hybridized carbons (Fsp3) is 0.556. The van der Waals surface area contributed by atoms with Crippen LogP contribution in [0.5, 0.6) is 0 Å². The van der Waals surface area contributed by atoms with Crippen molar-refractivity contribution in [3.05, 3.63) is 22.6 Å². The number of azide groups is 1. The number of ether oxygens (including phenoxy) is 2. The van der Waals surface area contributed by atoms with E-state index in [4.69, 9.17) is 10.3 Å². The molecule has 0 heterocycles. The van der Waals surface area contributed by atoms with Crippen LogP contribution in [0.1, 0.15) is 6.92 Å². The summed E-state index contributed by atoms with van der Waals surface area (Å²) in [6.45, 7) is 5.09. The molecule has 0 atom stereocenters. The Kier molecular flexibility index (Phi) is 7.48. The smallest absolute Gasteiger partial charge is 0.341 e. The Balaban J connectivity index is 3.83. The second-order valence-electron chi connectivity index (χ2n) is 2.63. The van der Waals surface area contributed by atoms with E-state index in [1.165, 1.54) is 0 Å². The predicted molar refractivity (Wildman–Crippen MR) is 55.6 cm³/mol. The van der Waals surface area contributed by atoms with Crippen LogP contribution in [-0.4, -0.2) is 38.1 Å². The molecular formula is C9H13N3O4. The van der Waals surface area contributed by atoms with Crippen LogP contribution < -0.4 is 0 Å². The molecule has 7 heteroatoms. The van der Waals surface area contributed by atoms with Gasteiger partial charge in [-0.15, -0.1) is 0 Å². The summed E-state index contributed by atoms with van der Waals surface area (Å²) in [5, 5.41) is 3.21. The zero-order valence-electron chi connectivity index (χ0n) is 9.01. The van der Waals surface area contributed by atoms with E-state index in [2.05, 4.69) is 21.3 Å². The second-order valence-corrected chi connectivity index (χ2v) is 2.63. The molecule has 0 radical (unpaired) electrons. The highest BCUT2D eigenvalue weighted by atomic mass is 16.5. The largest absolute Gasteiger partial charge is 0.462 e. The Morgan fingerprint density at radius 2 is 2.19 bits per heavy atom. The molecule has 0 fully saturated rings. The number of esters is 1. The van der Waals surface area contributed by atoms with Crippen LogP contribution in [-0.2, 0) is 19.1 Å². The minimum atomic E-state index is -0.744. The first-order valence-electron chi connectivity index (χ1n) is 4.61. The molecule has 0 rings (SSSR count). The van der Waals surface area contributed by atoms with Crippen molar-refractivity contribution < 1.29 is 19.1 Å². The third-order valence-corrected chi connectivity index (χ3v) is 1.49. The van der Waals surface area contributed by atoms with Gasteiger partial charge in [0.15, 0.2) is 5.78 Å². The van der Waals surface area contributed by atoms with Crippen molar-refractivity contribution in [2.45, 2.75) is 6.92 Å². The third-order valence-electron chi connectivity index (χ3n) is 1.49. The molecule has 0 aliphatic heterocycles. The Morgan fingerprint density at radius 3 is 2.75 bits per heavy atom. The van der Waals surface area contributed by atoms with E-state index in [1.54, 1.807) is 6.92 Å². The SMILES string of the molecule is C=C(C(=O)COCCN=[N+]=[N-])C(=O)OCC. The van der Waals surface area contributed by atoms with Gasteiger partial charge in [0.2, 0.25) is 0 Å². The summed E-state index contributed by atoms with van der Waals surface area (Å²) in [5.41, 5.74) is 7.71. The van der Waals surface area contributed by atoms with Gasteiger partial charge in [-0.1, -0.05) is 11.7 Å². The highest BCUT2D eigenvalue weighted by Gasteiger charge is 2.16. The molecule has 0 aliphatic carbocycles. The Hall–Kier alpha value is -1.85. The molecule has 0 unspecified atom stereocenters. The number of carbonyl (C=O) groups excluding carboxylic acids is 2. The molecule has 0 aromatic heterocycles. The van der Waals surface area contributed by atoms with E-state index in [9.17, 15) is 9.59 Å². The maximum atomic E-state index is 11.3. The van der Waals surface area contributed by atoms with E-state index >= 15 is 0 Å². The number of Topliss-reactive ketones (excluding diaryl/α,β-unsaturated/α-hetero) is 1. The minimum absolute atomic E-state index is 0.117. The maximum absolute atomic E-state index is 11.3. The van der Waals surface area contributed by atoms with Gasteiger partial charge in [0.05, 0.1) is 18.8 Å². The normalized spacial score (nSPS) is 9.06. The van der Waals surface area contributed by atoms with E-state index in [-0.39, 0.29) is 31.9 Å². The Bertz CT molecular complexity index is 321. The molecule has 0 N–H and O–H groups in total. The quantitative estimate of drug-likeness (QED) is 0.0901. The zero-order chi connectivity index (χ0) is 12.4. The number of nitrogens with zero attached hydrogens (tertiary/aromatic N) is 3. The topological polar surface area (TPSA) is 101 Å². The number of carbonyl (C=O) groups is 2.